The number of nitrogens with one attached hydrogen (secondary N) is 1. The lowest BCUT2D eigenvalue weighted by Crippen LogP contribution is -2.44. The summed E-state index contributed by atoms with van der Waals surface area (Å²) in [5.74, 6) is -2.60. The largest absolute Gasteiger partial charge is 0.480 e. The summed E-state index contributed by atoms with van der Waals surface area (Å²) < 4.78 is 38.4. The van der Waals surface area contributed by atoms with E-state index in [0.717, 1.165) is 0 Å². The van der Waals surface area contributed by atoms with Crippen molar-refractivity contribution in [2.75, 3.05) is 0 Å². The highest BCUT2D eigenvalue weighted by molar-refractivity contribution is 5.95. The van der Waals surface area contributed by atoms with Crippen LogP contribution in [0.5, 0.6) is 0 Å². The van der Waals surface area contributed by atoms with Crippen molar-refractivity contribution >= 4 is 11.9 Å². The Labute approximate surface area is 125 Å². The SMILES string of the molecule is CCn1nc(C(C)C)cc1C(=O)NC(CC(F)(F)F)C(=O)O. The van der Waals surface area contributed by atoms with Crippen LogP contribution in [0.1, 0.15) is 49.3 Å². The molecule has 1 aromatic heterocycles. The molecule has 6 nitrogen and oxygen atoms in total. The van der Waals surface area contributed by atoms with Gasteiger partial charge >= 0.3 is 12.1 Å². The van der Waals surface area contributed by atoms with Crippen LogP contribution in [-0.2, 0) is 11.3 Å². The Bertz CT molecular complexity index is 552. The van der Waals surface area contributed by atoms with E-state index >= 15 is 0 Å². The summed E-state index contributed by atoms with van der Waals surface area (Å²) in [6.07, 6.45) is -6.32. The summed E-state index contributed by atoms with van der Waals surface area (Å²) in [5.41, 5.74) is 0.648. The third kappa shape index (κ3) is 4.74. The first-order valence-electron chi connectivity index (χ1n) is 6.73. The van der Waals surface area contributed by atoms with Crippen LogP contribution >= 0.6 is 0 Å². The fraction of sp³-hybridized carbons (Fsp3) is 0.615. The lowest BCUT2D eigenvalue weighted by Gasteiger charge is -2.16. The normalized spacial score (nSPS) is 13.2. The van der Waals surface area contributed by atoms with E-state index in [1.807, 2.05) is 19.2 Å². The average Bonchev–Trinajstić information content (AvgIpc) is 2.80. The van der Waals surface area contributed by atoms with Crippen LogP contribution in [0.3, 0.4) is 0 Å². The van der Waals surface area contributed by atoms with Gasteiger partial charge in [-0.3, -0.25) is 9.48 Å². The number of hydrogen-bond acceptors (Lipinski definition) is 3. The third-order valence-corrected chi connectivity index (χ3v) is 2.96. The first kappa shape index (κ1) is 18.0. The number of rotatable bonds is 6. The van der Waals surface area contributed by atoms with Crippen molar-refractivity contribution in [2.45, 2.75) is 51.9 Å². The van der Waals surface area contributed by atoms with Gasteiger partial charge in [0.25, 0.3) is 5.91 Å². The summed E-state index contributed by atoms with van der Waals surface area (Å²) >= 11 is 0. The van der Waals surface area contributed by atoms with Crippen molar-refractivity contribution in [3.63, 3.8) is 0 Å². The first-order valence-corrected chi connectivity index (χ1v) is 6.73. The molecule has 0 saturated heterocycles. The zero-order chi connectivity index (χ0) is 17.1. The maximum atomic E-state index is 12.3. The number of carboxylic acid groups (broad SMARTS) is 1. The fourth-order valence-corrected chi connectivity index (χ4v) is 1.81. The quantitative estimate of drug-likeness (QED) is 0.841. The number of aryl methyl sites for hydroxylation is 1. The topological polar surface area (TPSA) is 84.2 Å². The van der Waals surface area contributed by atoms with E-state index < -0.39 is 30.5 Å². The Morgan fingerprint density at radius 2 is 2.00 bits per heavy atom. The number of nitrogens with zero attached hydrogens (tertiary/aromatic N) is 2. The highest BCUT2D eigenvalue weighted by atomic mass is 19.4. The third-order valence-electron chi connectivity index (χ3n) is 2.96. The molecular formula is C13H18F3N3O3. The zero-order valence-corrected chi connectivity index (χ0v) is 12.4. The van der Waals surface area contributed by atoms with Crippen LogP contribution in [0, 0.1) is 0 Å². The summed E-state index contributed by atoms with van der Waals surface area (Å²) in [6, 6.07) is -0.578. The number of aliphatic carboxylic acids is 1. The van der Waals surface area contributed by atoms with Gasteiger partial charge in [0.1, 0.15) is 11.7 Å². The van der Waals surface area contributed by atoms with E-state index in [-0.39, 0.29) is 11.6 Å². The zero-order valence-electron chi connectivity index (χ0n) is 12.4. The maximum Gasteiger partial charge on any atom is 0.391 e. The highest BCUT2D eigenvalue weighted by Crippen LogP contribution is 2.22. The minimum atomic E-state index is -4.69. The predicted octanol–water partition coefficient (Wildman–Crippen LogP) is 2.16. The molecule has 0 fully saturated rings. The second-order valence-electron chi connectivity index (χ2n) is 5.11. The molecule has 2 N–H and O–H groups in total. The van der Waals surface area contributed by atoms with Crippen molar-refractivity contribution in [3.05, 3.63) is 17.5 Å². The predicted molar refractivity (Wildman–Crippen MR) is 71.6 cm³/mol. The first-order chi connectivity index (χ1) is 10.0. The number of hydrogen-bond donors (Lipinski definition) is 2. The Balaban J connectivity index is 2.97. The van der Waals surface area contributed by atoms with E-state index in [1.165, 1.54) is 10.7 Å². The Morgan fingerprint density at radius 3 is 2.41 bits per heavy atom. The van der Waals surface area contributed by atoms with Crippen molar-refractivity contribution in [2.24, 2.45) is 0 Å². The van der Waals surface area contributed by atoms with Gasteiger partial charge in [-0.25, -0.2) is 4.79 Å². The summed E-state index contributed by atoms with van der Waals surface area (Å²) in [7, 11) is 0. The molecular weight excluding hydrogens is 303 g/mol. The number of aromatic nitrogens is 2. The molecule has 0 aromatic carbocycles. The standard InChI is InChI=1S/C13H18F3N3O3/c1-4-19-10(5-8(18-19)7(2)3)11(20)17-9(12(21)22)6-13(14,15)16/h5,7,9H,4,6H2,1-3H3,(H,17,20)(H,21,22). The molecule has 124 valence electrons. The van der Waals surface area contributed by atoms with Crippen LogP contribution < -0.4 is 5.32 Å². The van der Waals surface area contributed by atoms with Crippen molar-refractivity contribution in [1.82, 2.24) is 15.1 Å². The van der Waals surface area contributed by atoms with Gasteiger partial charge in [0.15, 0.2) is 0 Å². The minimum Gasteiger partial charge on any atom is -0.480 e. The summed E-state index contributed by atoms with van der Waals surface area (Å²) in [4.78, 5) is 22.9. The van der Waals surface area contributed by atoms with Crippen LogP contribution in [-0.4, -0.2) is 39.0 Å². The molecule has 0 aliphatic heterocycles. The van der Waals surface area contributed by atoms with Gasteiger partial charge in [-0.2, -0.15) is 18.3 Å². The number of carbonyl (C=O) groups excluding carboxylic acids is 1. The molecule has 0 saturated carbocycles. The summed E-state index contributed by atoms with van der Waals surface area (Å²) in [5, 5.41) is 14.9. The Kier molecular flexibility index (Phi) is 5.56. The van der Waals surface area contributed by atoms with Gasteiger partial charge in [-0.05, 0) is 18.9 Å². The number of halogens is 3. The Hall–Kier alpha value is -2.06. The molecule has 1 rings (SSSR count). The Morgan fingerprint density at radius 1 is 1.41 bits per heavy atom. The van der Waals surface area contributed by atoms with E-state index in [9.17, 15) is 22.8 Å². The van der Waals surface area contributed by atoms with Gasteiger partial charge in [-0.15, -0.1) is 0 Å². The highest BCUT2D eigenvalue weighted by Gasteiger charge is 2.36. The average molecular weight is 321 g/mol. The van der Waals surface area contributed by atoms with Gasteiger partial charge in [0, 0.05) is 6.54 Å². The minimum absolute atomic E-state index is 0.0322. The monoisotopic (exact) mass is 321 g/mol. The van der Waals surface area contributed by atoms with Crippen molar-refractivity contribution in [3.8, 4) is 0 Å². The molecule has 0 aliphatic rings. The van der Waals surface area contributed by atoms with Crippen molar-refractivity contribution < 1.29 is 27.9 Å². The van der Waals surface area contributed by atoms with Gasteiger partial charge < -0.3 is 10.4 Å². The van der Waals surface area contributed by atoms with Crippen LogP contribution in [0.15, 0.2) is 6.07 Å². The lowest BCUT2D eigenvalue weighted by molar-refractivity contribution is -0.157. The van der Waals surface area contributed by atoms with E-state index in [2.05, 4.69) is 5.10 Å². The van der Waals surface area contributed by atoms with Gasteiger partial charge in [0.05, 0.1) is 12.1 Å². The molecule has 1 aromatic rings. The maximum absolute atomic E-state index is 12.3. The molecule has 9 heteroatoms. The fourth-order valence-electron chi connectivity index (χ4n) is 1.81. The molecule has 0 radical (unpaired) electrons. The van der Waals surface area contributed by atoms with E-state index in [1.54, 1.807) is 6.92 Å². The van der Waals surface area contributed by atoms with Gasteiger partial charge in [0.2, 0.25) is 0 Å². The number of carbonyl (C=O) groups is 2. The molecule has 1 heterocycles. The second-order valence-corrected chi connectivity index (χ2v) is 5.11. The number of alkyl halides is 3. The molecule has 1 unspecified atom stereocenters. The second kappa shape index (κ2) is 6.80. The van der Waals surface area contributed by atoms with Crippen LogP contribution in [0.2, 0.25) is 0 Å². The molecule has 0 bridgehead atoms. The van der Waals surface area contributed by atoms with E-state index in [0.29, 0.717) is 12.2 Å². The van der Waals surface area contributed by atoms with Crippen LogP contribution in [0.4, 0.5) is 13.2 Å². The molecule has 0 aliphatic carbocycles. The van der Waals surface area contributed by atoms with Crippen molar-refractivity contribution in [1.29, 1.82) is 0 Å². The number of amides is 1. The van der Waals surface area contributed by atoms with Crippen LogP contribution in [0.25, 0.3) is 0 Å². The molecule has 0 spiro atoms. The smallest absolute Gasteiger partial charge is 0.391 e. The van der Waals surface area contributed by atoms with Gasteiger partial charge in [-0.1, -0.05) is 13.8 Å². The summed E-state index contributed by atoms with van der Waals surface area (Å²) in [6.45, 7) is 5.77. The lowest BCUT2D eigenvalue weighted by atomic mass is 10.1. The molecule has 1 atom stereocenters. The van der Waals surface area contributed by atoms with E-state index in [4.69, 9.17) is 5.11 Å². The molecule has 1 amide bonds. The number of carboxylic acids is 1. The molecule has 22 heavy (non-hydrogen) atoms.